The number of benzene rings is 1. The molecular weight excluding hydrogens is 462 g/mol. The van der Waals surface area contributed by atoms with Crippen molar-refractivity contribution in [2.24, 2.45) is 5.92 Å². The van der Waals surface area contributed by atoms with Gasteiger partial charge in [0.15, 0.2) is 22.6 Å². The van der Waals surface area contributed by atoms with Gasteiger partial charge in [-0.1, -0.05) is 0 Å². The van der Waals surface area contributed by atoms with Gasteiger partial charge in [-0.3, -0.25) is 9.89 Å². The molecule has 9 nitrogen and oxygen atoms in total. The van der Waals surface area contributed by atoms with Crippen LogP contribution in [0.2, 0.25) is 0 Å². The molecule has 0 unspecified atom stereocenters. The highest BCUT2D eigenvalue weighted by Gasteiger charge is 2.29. The van der Waals surface area contributed by atoms with Gasteiger partial charge < -0.3 is 20.3 Å². The lowest BCUT2D eigenvalue weighted by molar-refractivity contribution is -0.117. The van der Waals surface area contributed by atoms with Crippen LogP contribution in [0.25, 0.3) is 0 Å². The highest BCUT2D eigenvalue weighted by molar-refractivity contribution is 7.99. The smallest absolute Gasteiger partial charge is 0.227 e. The lowest BCUT2D eigenvalue weighted by Crippen LogP contribution is -2.31. The van der Waals surface area contributed by atoms with Crippen LogP contribution in [-0.2, 0) is 4.79 Å². The first kappa shape index (κ1) is 23.5. The van der Waals surface area contributed by atoms with E-state index in [9.17, 15) is 4.79 Å². The molecule has 3 N–H and O–H groups in total. The number of aromatic nitrogens is 4. The van der Waals surface area contributed by atoms with Crippen LogP contribution in [0, 0.1) is 12.8 Å². The van der Waals surface area contributed by atoms with E-state index in [1.165, 1.54) is 18.2 Å². The van der Waals surface area contributed by atoms with Crippen molar-refractivity contribution in [3.63, 3.8) is 0 Å². The lowest BCUT2D eigenvalue weighted by atomic mass is 10.1. The van der Waals surface area contributed by atoms with Crippen LogP contribution < -0.4 is 20.3 Å². The van der Waals surface area contributed by atoms with E-state index < -0.39 is 0 Å². The van der Waals surface area contributed by atoms with Gasteiger partial charge in [-0.15, -0.1) is 0 Å². The summed E-state index contributed by atoms with van der Waals surface area (Å²) in [7, 11) is 0. The molecule has 1 aliphatic carbocycles. The highest BCUT2D eigenvalue weighted by atomic mass is 32.2. The van der Waals surface area contributed by atoms with Crippen molar-refractivity contribution >= 4 is 40.8 Å². The normalized spacial score (nSPS) is 15.7. The molecule has 184 valence electrons. The molecule has 0 spiro atoms. The first-order valence-corrected chi connectivity index (χ1v) is 13.1. The summed E-state index contributed by atoms with van der Waals surface area (Å²) < 4.78 is 6.07. The van der Waals surface area contributed by atoms with Crippen molar-refractivity contribution in [3.8, 4) is 5.75 Å². The number of amides is 1. The first-order chi connectivity index (χ1) is 17.1. The van der Waals surface area contributed by atoms with Crippen molar-refractivity contribution in [2.75, 3.05) is 35.2 Å². The van der Waals surface area contributed by atoms with E-state index in [0.717, 1.165) is 60.9 Å². The van der Waals surface area contributed by atoms with Gasteiger partial charge in [0.1, 0.15) is 0 Å². The van der Waals surface area contributed by atoms with Crippen LogP contribution in [0.1, 0.15) is 44.7 Å². The molecule has 2 aliphatic rings. The monoisotopic (exact) mass is 493 g/mol. The predicted molar refractivity (Wildman–Crippen MR) is 138 cm³/mol. The third-order valence-corrected chi connectivity index (χ3v) is 6.88. The minimum Gasteiger partial charge on any atom is -0.487 e. The van der Waals surface area contributed by atoms with E-state index in [0.29, 0.717) is 29.1 Å². The summed E-state index contributed by atoms with van der Waals surface area (Å²) in [5, 5.41) is 14.2. The molecule has 3 heterocycles. The van der Waals surface area contributed by atoms with Gasteiger partial charge in [-0.25, -0.2) is 9.97 Å². The maximum Gasteiger partial charge on any atom is 0.227 e. The van der Waals surface area contributed by atoms with Gasteiger partial charge in [-0.05, 0) is 82.0 Å². The Bertz CT molecular complexity index is 1170. The molecule has 0 radical (unpaired) electrons. The van der Waals surface area contributed by atoms with Crippen LogP contribution in [0.15, 0.2) is 40.4 Å². The first-order valence-electron chi connectivity index (χ1n) is 12.3. The molecular formula is C25H31N7O2S. The van der Waals surface area contributed by atoms with Crippen molar-refractivity contribution in [1.82, 2.24) is 20.2 Å². The molecule has 1 aromatic carbocycles. The van der Waals surface area contributed by atoms with Crippen LogP contribution in [0.4, 0.5) is 23.1 Å². The van der Waals surface area contributed by atoms with Crippen molar-refractivity contribution in [3.05, 3.63) is 36.0 Å². The number of ether oxygens (including phenoxy) is 1. The lowest BCUT2D eigenvalue weighted by Gasteiger charge is -2.30. The molecule has 0 atom stereocenters. The summed E-state index contributed by atoms with van der Waals surface area (Å²) in [4.78, 5) is 25.1. The second kappa shape index (κ2) is 10.6. The Hall–Kier alpha value is -3.27. The van der Waals surface area contributed by atoms with Crippen LogP contribution >= 0.6 is 11.8 Å². The minimum atomic E-state index is 0.107. The van der Waals surface area contributed by atoms with Crippen LogP contribution in [0.3, 0.4) is 0 Å². The number of carbonyl (C=O) groups is 1. The van der Waals surface area contributed by atoms with Gasteiger partial charge in [0, 0.05) is 41.4 Å². The Morgan fingerprint density at radius 2 is 1.94 bits per heavy atom. The third-order valence-electron chi connectivity index (χ3n) is 6.00. The second-order valence-corrected chi connectivity index (χ2v) is 9.98. The summed E-state index contributed by atoms with van der Waals surface area (Å²) in [5.41, 5.74) is 1.77. The number of H-pyrrole nitrogens is 1. The Kier molecular flexibility index (Phi) is 7.08. The Labute approximate surface area is 209 Å². The number of aryl methyl sites for hydroxylation is 1. The number of anilines is 4. The standard InChI is InChI=1S/C25H31N7O2S/c1-3-34-21-22(27-20-15-16(2)30-31-20)28-25(29-23(21)32-13-5-4-6-14-32)35-19-11-9-18(10-12-19)26-24(33)17-7-8-17/h9-12,15,17H,3-8,13-14H2,1-2H3,(H,26,33)(H2,27,28,29,30,31). The molecule has 5 rings (SSSR count). The molecule has 1 saturated heterocycles. The zero-order valence-corrected chi connectivity index (χ0v) is 21.0. The molecule has 0 bridgehead atoms. The number of piperidine rings is 1. The van der Waals surface area contributed by atoms with Crippen molar-refractivity contribution in [2.45, 2.75) is 56.0 Å². The Morgan fingerprint density at radius 1 is 1.17 bits per heavy atom. The predicted octanol–water partition coefficient (Wildman–Crippen LogP) is 5.14. The summed E-state index contributed by atoms with van der Waals surface area (Å²) in [6.07, 6.45) is 5.47. The van der Waals surface area contributed by atoms with Crippen molar-refractivity contribution < 1.29 is 9.53 Å². The average molecular weight is 494 g/mol. The summed E-state index contributed by atoms with van der Waals surface area (Å²) in [6, 6.07) is 9.75. The fraction of sp³-hybridized carbons (Fsp3) is 0.440. The fourth-order valence-electron chi connectivity index (χ4n) is 4.05. The second-order valence-electron chi connectivity index (χ2n) is 8.94. The van der Waals surface area contributed by atoms with Gasteiger partial charge in [0.25, 0.3) is 0 Å². The molecule has 3 aromatic rings. The quantitative estimate of drug-likeness (QED) is 0.352. The largest absolute Gasteiger partial charge is 0.487 e. The van der Waals surface area contributed by atoms with Crippen LogP contribution in [-0.4, -0.2) is 45.8 Å². The van der Waals surface area contributed by atoms with Gasteiger partial charge in [0.05, 0.1) is 6.61 Å². The third kappa shape index (κ3) is 5.87. The minimum absolute atomic E-state index is 0.107. The number of carbonyl (C=O) groups excluding carboxylic acids is 1. The molecule has 35 heavy (non-hydrogen) atoms. The zero-order valence-electron chi connectivity index (χ0n) is 20.1. The molecule has 1 saturated carbocycles. The molecule has 1 amide bonds. The maximum atomic E-state index is 12.0. The van der Waals surface area contributed by atoms with E-state index in [1.807, 2.05) is 44.2 Å². The topological polar surface area (TPSA) is 108 Å². The van der Waals surface area contributed by atoms with E-state index in [4.69, 9.17) is 14.7 Å². The highest BCUT2D eigenvalue weighted by Crippen LogP contribution is 2.39. The van der Waals surface area contributed by atoms with Gasteiger partial charge in [-0.2, -0.15) is 5.10 Å². The molecule has 2 fully saturated rings. The van der Waals surface area contributed by atoms with Crippen LogP contribution in [0.5, 0.6) is 5.75 Å². The molecule has 1 aliphatic heterocycles. The van der Waals surface area contributed by atoms with E-state index in [1.54, 1.807) is 0 Å². The number of hydrogen-bond donors (Lipinski definition) is 3. The fourth-order valence-corrected chi connectivity index (χ4v) is 4.80. The summed E-state index contributed by atoms with van der Waals surface area (Å²) in [6.45, 7) is 6.32. The summed E-state index contributed by atoms with van der Waals surface area (Å²) in [5.74, 6) is 3.03. The van der Waals surface area contributed by atoms with E-state index in [-0.39, 0.29) is 11.8 Å². The van der Waals surface area contributed by atoms with E-state index in [2.05, 4.69) is 25.7 Å². The Balaban J connectivity index is 1.43. The number of nitrogens with zero attached hydrogens (tertiary/aromatic N) is 4. The van der Waals surface area contributed by atoms with Gasteiger partial charge in [0.2, 0.25) is 11.7 Å². The molecule has 10 heteroatoms. The zero-order chi connectivity index (χ0) is 24.2. The van der Waals surface area contributed by atoms with E-state index >= 15 is 0 Å². The summed E-state index contributed by atoms with van der Waals surface area (Å²) >= 11 is 1.48. The Morgan fingerprint density at radius 3 is 2.60 bits per heavy atom. The number of rotatable bonds is 9. The average Bonchev–Trinajstić information content (AvgIpc) is 3.64. The molecule has 2 aromatic heterocycles. The number of nitrogens with one attached hydrogen (secondary N) is 3. The van der Waals surface area contributed by atoms with Gasteiger partial charge >= 0.3 is 0 Å². The SMILES string of the molecule is CCOc1c(Nc2cc(C)[nH]n2)nc(Sc2ccc(NC(=O)C3CC3)cc2)nc1N1CCCCC1. The maximum absolute atomic E-state index is 12.0. The number of hydrogen-bond acceptors (Lipinski definition) is 8. The van der Waals surface area contributed by atoms with Crippen molar-refractivity contribution in [1.29, 1.82) is 0 Å². The number of aromatic amines is 1.